The molecule has 2 fully saturated rings. The highest BCUT2D eigenvalue weighted by Gasteiger charge is 2.35. The highest BCUT2D eigenvalue weighted by Crippen LogP contribution is 2.29. The van der Waals surface area contributed by atoms with Crippen LogP contribution >= 0.6 is 12.2 Å². The highest BCUT2D eigenvalue weighted by atomic mass is 32.1. The summed E-state index contributed by atoms with van der Waals surface area (Å²) >= 11 is 5.08. The summed E-state index contributed by atoms with van der Waals surface area (Å²) < 4.78 is 5.35. The molecule has 2 aliphatic rings. The van der Waals surface area contributed by atoms with Crippen molar-refractivity contribution in [2.75, 3.05) is 45.3 Å². The Bertz CT molecular complexity index is 837. The highest BCUT2D eigenvalue weighted by molar-refractivity contribution is 7.80. The lowest BCUT2D eigenvalue weighted by molar-refractivity contribution is -0.384. The molecule has 2 heterocycles. The van der Waals surface area contributed by atoms with E-state index in [-0.39, 0.29) is 16.4 Å². The van der Waals surface area contributed by atoms with Gasteiger partial charge < -0.3 is 9.64 Å². The van der Waals surface area contributed by atoms with E-state index in [2.05, 4.69) is 0 Å². The zero-order valence-electron chi connectivity index (χ0n) is 14.9. The Labute approximate surface area is 160 Å². The Morgan fingerprint density at radius 2 is 1.74 bits per heavy atom. The number of carbonyl (C=O) groups excluding carboxylic acids is 2. The molecule has 2 saturated heterocycles. The van der Waals surface area contributed by atoms with Gasteiger partial charge in [-0.15, -0.1) is 0 Å². The predicted octanol–water partition coefficient (Wildman–Crippen LogP) is 1.03. The molecule has 0 unspecified atom stereocenters. The first-order valence-electron chi connectivity index (χ1n) is 8.24. The number of anilines is 1. The summed E-state index contributed by atoms with van der Waals surface area (Å²) in [6, 6.07) is 4.40. The molecule has 0 aromatic heterocycles. The summed E-state index contributed by atoms with van der Waals surface area (Å²) in [6.07, 6.45) is 1.40. The zero-order valence-corrected chi connectivity index (χ0v) is 15.7. The van der Waals surface area contributed by atoms with Crippen molar-refractivity contribution in [3.8, 4) is 0 Å². The number of benzene rings is 1. The molecule has 1 aromatic rings. The number of thiocarbonyl (C=S) groups is 1. The number of likely N-dealkylation sites (N-methyl/N-ethyl adjacent to an activating group) is 2. The summed E-state index contributed by atoms with van der Waals surface area (Å²) in [5, 5.41) is 11.3. The largest absolute Gasteiger partial charge is 0.378 e. The molecule has 0 aliphatic carbocycles. The van der Waals surface area contributed by atoms with E-state index in [0.29, 0.717) is 37.6 Å². The first kappa shape index (κ1) is 18.9. The second kappa shape index (κ2) is 7.41. The lowest BCUT2D eigenvalue weighted by Crippen LogP contribution is -2.52. The number of nitro benzene ring substituents is 1. The van der Waals surface area contributed by atoms with Crippen LogP contribution in [-0.2, 0) is 14.3 Å². The van der Waals surface area contributed by atoms with Gasteiger partial charge in [-0.1, -0.05) is 0 Å². The van der Waals surface area contributed by atoms with E-state index in [1.54, 1.807) is 6.07 Å². The summed E-state index contributed by atoms with van der Waals surface area (Å²) in [5.74, 6) is -1.08. The van der Waals surface area contributed by atoms with Gasteiger partial charge in [-0.25, -0.2) is 0 Å². The molecule has 2 amide bonds. The van der Waals surface area contributed by atoms with Gasteiger partial charge in [0.05, 0.1) is 18.1 Å². The number of hydrogen-bond donors (Lipinski definition) is 0. The summed E-state index contributed by atoms with van der Waals surface area (Å²) in [7, 11) is 2.97. The lowest BCUT2D eigenvalue weighted by Gasteiger charge is -2.32. The van der Waals surface area contributed by atoms with Crippen LogP contribution in [0.5, 0.6) is 0 Å². The SMILES string of the molecule is CN1C(=O)C(=Cc2cc([N+](=O)[O-])ccc2N2CCOCC2)C(=O)N(C)C1=S. The minimum atomic E-state index is -0.539. The van der Waals surface area contributed by atoms with E-state index in [4.69, 9.17) is 17.0 Å². The normalized spacial score (nSPS) is 18.2. The van der Waals surface area contributed by atoms with Gasteiger partial charge in [0.25, 0.3) is 17.5 Å². The number of ether oxygens (including phenoxy) is 1. The number of non-ortho nitro benzene ring substituents is 1. The molecule has 3 rings (SSSR count). The minimum absolute atomic E-state index is 0.0939. The van der Waals surface area contributed by atoms with Crippen molar-refractivity contribution >= 4 is 46.6 Å². The Balaban J connectivity index is 2.10. The molecule has 9 nitrogen and oxygen atoms in total. The van der Waals surface area contributed by atoms with E-state index in [1.807, 2.05) is 4.90 Å². The van der Waals surface area contributed by atoms with Crippen LogP contribution in [0.3, 0.4) is 0 Å². The standard InChI is InChI=1S/C17H18N4O5S/c1-18-15(22)13(16(23)19(2)17(18)27)10-11-9-12(21(24)25)3-4-14(11)20-5-7-26-8-6-20/h3-4,9-10H,5-8H2,1-2H3. The lowest BCUT2D eigenvalue weighted by atomic mass is 10.0. The molecule has 1 aromatic carbocycles. The van der Waals surface area contributed by atoms with E-state index in [1.165, 1.54) is 42.1 Å². The third kappa shape index (κ3) is 3.53. The van der Waals surface area contributed by atoms with Gasteiger partial charge in [-0.05, 0) is 24.4 Å². The van der Waals surface area contributed by atoms with E-state index in [0.717, 1.165) is 0 Å². The fourth-order valence-corrected chi connectivity index (χ4v) is 3.16. The predicted molar refractivity (Wildman–Crippen MR) is 102 cm³/mol. The molecule has 142 valence electrons. The van der Waals surface area contributed by atoms with Crippen molar-refractivity contribution in [1.29, 1.82) is 0 Å². The first-order chi connectivity index (χ1) is 12.8. The smallest absolute Gasteiger partial charge is 0.270 e. The number of nitro groups is 1. The van der Waals surface area contributed by atoms with Crippen LogP contribution in [-0.4, -0.2) is 72.0 Å². The zero-order chi connectivity index (χ0) is 19.7. The average Bonchev–Trinajstić information content (AvgIpc) is 2.68. The van der Waals surface area contributed by atoms with Gasteiger partial charge in [0.2, 0.25) is 0 Å². The molecule has 0 N–H and O–H groups in total. The van der Waals surface area contributed by atoms with Crippen molar-refractivity contribution in [3.05, 3.63) is 39.4 Å². The Kier molecular flexibility index (Phi) is 5.19. The molecule has 27 heavy (non-hydrogen) atoms. The molecule has 0 atom stereocenters. The van der Waals surface area contributed by atoms with Gasteiger partial charge in [-0.3, -0.25) is 29.5 Å². The molecule has 10 heteroatoms. The number of hydrogen-bond acceptors (Lipinski definition) is 7. The third-order valence-corrected chi connectivity index (χ3v) is 5.07. The monoisotopic (exact) mass is 390 g/mol. The van der Waals surface area contributed by atoms with Crippen molar-refractivity contribution < 1.29 is 19.2 Å². The molecule has 0 spiro atoms. The third-order valence-electron chi connectivity index (χ3n) is 4.52. The maximum absolute atomic E-state index is 12.6. The van der Waals surface area contributed by atoms with Crippen LogP contribution in [0.2, 0.25) is 0 Å². The van der Waals surface area contributed by atoms with Crippen molar-refractivity contribution in [2.45, 2.75) is 0 Å². The van der Waals surface area contributed by atoms with Gasteiger partial charge in [-0.2, -0.15) is 0 Å². The number of morpholine rings is 1. The maximum Gasteiger partial charge on any atom is 0.270 e. The van der Waals surface area contributed by atoms with Crippen molar-refractivity contribution in [3.63, 3.8) is 0 Å². The van der Waals surface area contributed by atoms with E-state index >= 15 is 0 Å². The molecule has 0 bridgehead atoms. The van der Waals surface area contributed by atoms with Crippen molar-refractivity contribution in [1.82, 2.24) is 9.80 Å². The molecule has 2 aliphatic heterocycles. The van der Waals surface area contributed by atoms with E-state index in [9.17, 15) is 19.7 Å². The Morgan fingerprint density at radius 1 is 1.15 bits per heavy atom. The summed E-state index contributed by atoms with van der Waals surface area (Å²) in [5.41, 5.74) is 0.920. The number of amides is 2. The van der Waals surface area contributed by atoms with Crippen LogP contribution in [0.25, 0.3) is 6.08 Å². The van der Waals surface area contributed by atoms with E-state index < -0.39 is 16.7 Å². The Hall–Kier alpha value is -2.85. The number of nitrogens with zero attached hydrogens (tertiary/aromatic N) is 4. The van der Waals surface area contributed by atoms with Gasteiger partial charge in [0.1, 0.15) is 5.57 Å². The molecule has 0 radical (unpaired) electrons. The Morgan fingerprint density at radius 3 is 2.30 bits per heavy atom. The van der Waals surface area contributed by atoms with Gasteiger partial charge in [0, 0.05) is 50.6 Å². The second-order valence-electron chi connectivity index (χ2n) is 6.17. The summed E-state index contributed by atoms with van der Waals surface area (Å²) in [4.78, 5) is 40.2. The van der Waals surface area contributed by atoms with Crippen LogP contribution in [0.1, 0.15) is 5.56 Å². The summed E-state index contributed by atoms with van der Waals surface area (Å²) in [6.45, 7) is 2.29. The van der Waals surface area contributed by atoms with Crippen LogP contribution in [0, 0.1) is 10.1 Å². The van der Waals surface area contributed by atoms with Crippen LogP contribution < -0.4 is 4.90 Å². The first-order valence-corrected chi connectivity index (χ1v) is 8.65. The quantitative estimate of drug-likeness (QED) is 0.250. The minimum Gasteiger partial charge on any atom is -0.378 e. The molecule has 0 saturated carbocycles. The second-order valence-corrected chi connectivity index (χ2v) is 6.53. The number of carbonyl (C=O) groups is 2. The molecular weight excluding hydrogens is 372 g/mol. The van der Waals surface area contributed by atoms with Gasteiger partial charge >= 0.3 is 0 Å². The molecular formula is C17H18N4O5S. The fourth-order valence-electron chi connectivity index (χ4n) is 2.99. The van der Waals surface area contributed by atoms with Crippen LogP contribution in [0.4, 0.5) is 11.4 Å². The van der Waals surface area contributed by atoms with Crippen molar-refractivity contribution in [2.24, 2.45) is 0 Å². The average molecular weight is 390 g/mol. The fraction of sp³-hybridized carbons (Fsp3) is 0.353. The number of rotatable bonds is 3. The van der Waals surface area contributed by atoms with Crippen LogP contribution in [0.15, 0.2) is 23.8 Å². The van der Waals surface area contributed by atoms with Gasteiger partial charge in [0.15, 0.2) is 5.11 Å². The topological polar surface area (TPSA) is 96.2 Å². The maximum atomic E-state index is 12.6.